The minimum atomic E-state index is -0.761. The summed E-state index contributed by atoms with van der Waals surface area (Å²) in [6.07, 6.45) is 2.30. The molecule has 148 valence electrons. The van der Waals surface area contributed by atoms with E-state index in [9.17, 15) is 10.2 Å². The zero-order chi connectivity index (χ0) is 20.1. The Labute approximate surface area is 171 Å². The molecular formula is C26H26O3. The van der Waals surface area contributed by atoms with Gasteiger partial charge < -0.3 is 14.9 Å². The smallest absolute Gasteiger partial charge is 0.143 e. The number of ether oxygens (including phenoxy) is 1. The molecule has 1 aliphatic carbocycles. The van der Waals surface area contributed by atoms with Crippen LogP contribution in [0, 0.1) is 5.92 Å². The summed E-state index contributed by atoms with van der Waals surface area (Å²) in [6.45, 7) is 0.440. The normalized spacial score (nSPS) is 19.6. The molecule has 2 unspecified atom stereocenters. The first-order valence-corrected chi connectivity index (χ1v) is 10.1. The summed E-state index contributed by atoms with van der Waals surface area (Å²) in [5.74, 6) is 0.100. The van der Waals surface area contributed by atoms with Gasteiger partial charge >= 0.3 is 0 Å². The maximum absolute atomic E-state index is 9.98. The Morgan fingerprint density at radius 2 is 1.17 bits per heavy atom. The molecule has 0 aliphatic heterocycles. The molecule has 0 saturated carbocycles. The number of rotatable bonds is 6. The highest BCUT2D eigenvalue weighted by atomic mass is 16.5. The Balaban J connectivity index is 1.80. The molecule has 4 rings (SSSR count). The highest BCUT2D eigenvalue weighted by Gasteiger charge is 2.38. The average Bonchev–Trinajstić information content (AvgIpc) is 2.79. The molecule has 0 aromatic heterocycles. The van der Waals surface area contributed by atoms with Gasteiger partial charge in [-0.25, -0.2) is 0 Å². The molecule has 0 fully saturated rings. The van der Waals surface area contributed by atoms with Crippen molar-refractivity contribution < 1.29 is 14.9 Å². The molecule has 2 N–H and O–H groups in total. The lowest BCUT2D eigenvalue weighted by Crippen LogP contribution is -2.35. The highest BCUT2D eigenvalue weighted by molar-refractivity contribution is 5.47. The standard InChI is InChI=1S/C26H26O3/c27-24-17-16-20(18-25(24)28)19-29-26(21-10-4-1-5-11-21,22-12-6-2-7-13-22)23-14-8-3-9-15-23/h1-15,18,20,24,27-28H,16-17,19H2. The Morgan fingerprint density at radius 1 is 0.724 bits per heavy atom. The van der Waals surface area contributed by atoms with Crippen LogP contribution in [-0.4, -0.2) is 22.9 Å². The Bertz CT molecular complexity index is 839. The topological polar surface area (TPSA) is 49.7 Å². The van der Waals surface area contributed by atoms with E-state index in [1.165, 1.54) is 0 Å². The Hall–Kier alpha value is -2.88. The van der Waals surface area contributed by atoms with Gasteiger partial charge in [0.15, 0.2) is 0 Å². The maximum atomic E-state index is 9.98. The second-order valence-corrected chi connectivity index (χ2v) is 7.54. The van der Waals surface area contributed by atoms with E-state index in [0.29, 0.717) is 13.0 Å². The molecule has 1 aliphatic rings. The predicted molar refractivity (Wildman–Crippen MR) is 115 cm³/mol. The van der Waals surface area contributed by atoms with E-state index in [1.807, 2.05) is 54.6 Å². The molecule has 0 radical (unpaired) electrons. The van der Waals surface area contributed by atoms with Gasteiger partial charge in [0.1, 0.15) is 17.5 Å². The predicted octanol–water partition coefficient (Wildman–Crippen LogP) is 5.21. The maximum Gasteiger partial charge on any atom is 0.143 e. The van der Waals surface area contributed by atoms with Crippen molar-refractivity contribution in [3.8, 4) is 0 Å². The number of hydrogen-bond acceptors (Lipinski definition) is 3. The molecule has 0 spiro atoms. The largest absolute Gasteiger partial charge is 0.510 e. The molecule has 3 aromatic rings. The van der Waals surface area contributed by atoms with E-state index in [0.717, 1.165) is 23.1 Å². The molecule has 0 heterocycles. The average molecular weight is 386 g/mol. The molecular weight excluding hydrogens is 360 g/mol. The summed E-state index contributed by atoms with van der Waals surface area (Å²) in [4.78, 5) is 0. The molecule has 0 bridgehead atoms. The van der Waals surface area contributed by atoms with Crippen LogP contribution in [0.4, 0.5) is 0 Å². The monoisotopic (exact) mass is 386 g/mol. The first-order valence-electron chi connectivity index (χ1n) is 10.1. The second kappa shape index (κ2) is 8.64. The quantitative estimate of drug-likeness (QED) is 0.572. The molecule has 3 heteroatoms. The van der Waals surface area contributed by atoms with E-state index >= 15 is 0 Å². The van der Waals surface area contributed by atoms with Crippen LogP contribution < -0.4 is 0 Å². The lowest BCUT2D eigenvalue weighted by Gasteiger charge is -2.37. The fraction of sp³-hybridized carbons (Fsp3) is 0.231. The van der Waals surface area contributed by atoms with Gasteiger partial charge in [0.05, 0.1) is 6.61 Å². The number of hydrogen-bond donors (Lipinski definition) is 2. The summed E-state index contributed by atoms with van der Waals surface area (Å²) < 4.78 is 6.77. The molecule has 2 atom stereocenters. The van der Waals surface area contributed by atoms with E-state index in [-0.39, 0.29) is 11.7 Å². The van der Waals surface area contributed by atoms with Gasteiger partial charge in [-0.15, -0.1) is 0 Å². The highest BCUT2D eigenvalue weighted by Crippen LogP contribution is 2.41. The van der Waals surface area contributed by atoms with Crippen molar-refractivity contribution in [2.24, 2.45) is 5.92 Å². The van der Waals surface area contributed by atoms with Gasteiger partial charge in [-0.2, -0.15) is 0 Å². The Morgan fingerprint density at radius 3 is 1.59 bits per heavy atom. The summed E-state index contributed by atoms with van der Waals surface area (Å²) in [7, 11) is 0. The zero-order valence-electron chi connectivity index (χ0n) is 16.3. The third-order valence-corrected chi connectivity index (χ3v) is 5.61. The van der Waals surface area contributed by atoms with Gasteiger partial charge in [0.25, 0.3) is 0 Å². The van der Waals surface area contributed by atoms with Crippen LogP contribution in [-0.2, 0) is 10.3 Å². The molecule has 0 saturated heterocycles. The van der Waals surface area contributed by atoms with Crippen molar-refractivity contribution in [2.75, 3.05) is 6.61 Å². The fourth-order valence-electron chi connectivity index (χ4n) is 4.09. The summed E-state index contributed by atoms with van der Waals surface area (Å²) in [5.41, 5.74) is 2.41. The van der Waals surface area contributed by atoms with E-state index in [4.69, 9.17) is 4.74 Å². The lowest BCUT2D eigenvalue weighted by molar-refractivity contribution is -0.00743. The SMILES string of the molecule is OC1=CC(COC(c2ccccc2)(c2ccccc2)c2ccccc2)CCC1O. The van der Waals surface area contributed by atoms with Crippen molar-refractivity contribution in [1.29, 1.82) is 0 Å². The molecule has 0 amide bonds. The minimum Gasteiger partial charge on any atom is -0.510 e. The summed E-state index contributed by atoms with van der Waals surface area (Å²) in [6, 6.07) is 30.8. The number of aliphatic hydroxyl groups excluding tert-OH is 2. The first kappa shape index (κ1) is 19.4. The molecule has 3 aromatic carbocycles. The second-order valence-electron chi connectivity index (χ2n) is 7.54. The van der Waals surface area contributed by atoms with Crippen LogP contribution in [0.5, 0.6) is 0 Å². The number of benzene rings is 3. The van der Waals surface area contributed by atoms with E-state index in [2.05, 4.69) is 36.4 Å². The first-order chi connectivity index (χ1) is 14.2. The van der Waals surface area contributed by atoms with E-state index in [1.54, 1.807) is 6.08 Å². The van der Waals surface area contributed by atoms with Crippen molar-refractivity contribution in [3.63, 3.8) is 0 Å². The van der Waals surface area contributed by atoms with Gasteiger partial charge in [-0.05, 0) is 35.6 Å². The zero-order valence-corrected chi connectivity index (χ0v) is 16.3. The van der Waals surface area contributed by atoms with Crippen LogP contribution in [0.1, 0.15) is 29.5 Å². The lowest BCUT2D eigenvalue weighted by atomic mass is 9.80. The van der Waals surface area contributed by atoms with Gasteiger partial charge in [-0.3, -0.25) is 0 Å². The van der Waals surface area contributed by atoms with Crippen molar-refractivity contribution in [3.05, 3.63) is 120 Å². The molecule has 29 heavy (non-hydrogen) atoms. The van der Waals surface area contributed by atoms with Crippen LogP contribution in [0.15, 0.2) is 103 Å². The van der Waals surface area contributed by atoms with Gasteiger partial charge in [0, 0.05) is 5.92 Å². The van der Waals surface area contributed by atoms with Gasteiger partial charge in [0.2, 0.25) is 0 Å². The third kappa shape index (κ3) is 3.98. The third-order valence-electron chi connectivity index (χ3n) is 5.61. The summed E-state index contributed by atoms with van der Waals surface area (Å²) in [5, 5.41) is 19.8. The minimum absolute atomic E-state index is 0.0499. The van der Waals surface area contributed by atoms with Crippen LogP contribution in [0.25, 0.3) is 0 Å². The van der Waals surface area contributed by atoms with Crippen molar-refractivity contribution in [2.45, 2.75) is 24.5 Å². The van der Waals surface area contributed by atoms with E-state index < -0.39 is 11.7 Å². The molecule has 3 nitrogen and oxygen atoms in total. The Kier molecular flexibility index (Phi) is 5.79. The van der Waals surface area contributed by atoms with Crippen molar-refractivity contribution >= 4 is 0 Å². The van der Waals surface area contributed by atoms with Gasteiger partial charge in [-0.1, -0.05) is 91.0 Å². The van der Waals surface area contributed by atoms with Crippen LogP contribution in [0.2, 0.25) is 0 Å². The van der Waals surface area contributed by atoms with Crippen molar-refractivity contribution in [1.82, 2.24) is 0 Å². The summed E-state index contributed by atoms with van der Waals surface area (Å²) >= 11 is 0. The fourth-order valence-corrected chi connectivity index (χ4v) is 4.09. The number of aliphatic hydroxyl groups is 2. The van der Waals surface area contributed by atoms with Crippen LogP contribution >= 0.6 is 0 Å². The van der Waals surface area contributed by atoms with Crippen LogP contribution in [0.3, 0.4) is 0 Å².